The average Bonchev–Trinajstić information content (AvgIpc) is 3.22. The van der Waals surface area contributed by atoms with Crippen molar-refractivity contribution in [3.05, 3.63) is 99.0 Å². The van der Waals surface area contributed by atoms with Crippen molar-refractivity contribution in [2.24, 2.45) is 4.99 Å². The summed E-state index contributed by atoms with van der Waals surface area (Å²) in [5.74, 6) is 0.598. The Hall–Kier alpha value is -2.66. The van der Waals surface area contributed by atoms with E-state index in [2.05, 4.69) is 38.4 Å². The van der Waals surface area contributed by atoms with Crippen molar-refractivity contribution in [2.45, 2.75) is 32.7 Å². The van der Waals surface area contributed by atoms with E-state index in [1.165, 1.54) is 23.0 Å². The van der Waals surface area contributed by atoms with Crippen LogP contribution in [0.2, 0.25) is 5.02 Å². The Morgan fingerprint density at radius 2 is 1.95 bits per heavy atom. The molecule has 7 nitrogen and oxygen atoms in total. The van der Waals surface area contributed by atoms with Crippen molar-refractivity contribution < 1.29 is 19.0 Å². The highest BCUT2D eigenvalue weighted by Crippen LogP contribution is 2.38. The van der Waals surface area contributed by atoms with Gasteiger partial charge in [0.2, 0.25) is 0 Å². The van der Waals surface area contributed by atoms with Crippen molar-refractivity contribution in [2.75, 3.05) is 20.3 Å². The zero-order chi connectivity index (χ0) is 29.0. The first-order chi connectivity index (χ1) is 19.2. The minimum absolute atomic E-state index is 0.182. The third-order valence-electron chi connectivity index (χ3n) is 6.04. The van der Waals surface area contributed by atoms with Crippen LogP contribution >= 0.6 is 54.8 Å². The van der Waals surface area contributed by atoms with Crippen molar-refractivity contribution in [3.63, 3.8) is 0 Å². The van der Waals surface area contributed by atoms with Crippen LogP contribution in [0.4, 0.5) is 0 Å². The van der Waals surface area contributed by atoms with Crippen molar-refractivity contribution >= 4 is 66.8 Å². The highest BCUT2D eigenvalue weighted by Gasteiger charge is 2.36. The zero-order valence-corrected chi connectivity index (χ0v) is 26.9. The number of esters is 1. The molecule has 0 fully saturated rings. The lowest BCUT2D eigenvalue weighted by Gasteiger charge is -2.27. The zero-order valence-electron chi connectivity index (χ0n) is 22.1. The van der Waals surface area contributed by atoms with E-state index in [0.717, 1.165) is 20.9 Å². The van der Waals surface area contributed by atoms with E-state index in [1.807, 2.05) is 19.1 Å². The molecule has 0 amide bonds. The quantitative estimate of drug-likeness (QED) is 0.182. The molecule has 0 bridgehead atoms. The second kappa shape index (κ2) is 13.3. The maximum absolute atomic E-state index is 14.0. The normalized spacial score (nSPS) is 14.9. The van der Waals surface area contributed by atoms with Crippen molar-refractivity contribution in [1.29, 1.82) is 0 Å². The first-order valence-electron chi connectivity index (χ1n) is 12.5. The Morgan fingerprint density at radius 1 is 1.23 bits per heavy atom. The molecular weight excluding hydrogens is 684 g/mol. The smallest absolute Gasteiger partial charge is 0.338 e. The summed E-state index contributed by atoms with van der Waals surface area (Å²) in [7, 11) is 1.54. The molecule has 3 aromatic rings. The number of allylic oxidation sites excluding steroid dienone is 1. The third kappa shape index (κ3) is 6.15. The molecule has 0 radical (unpaired) electrons. The van der Waals surface area contributed by atoms with Gasteiger partial charge in [0.1, 0.15) is 24.1 Å². The fourth-order valence-electron chi connectivity index (χ4n) is 4.43. The number of benzene rings is 2. The number of carbonyl (C=O) groups is 1. The molecule has 1 atom stereocenters. The van der Waals surface area contributed by atoms with Gasteiger partial charge in [-0.1, -0.05) is 48.9 Å². The number of nitrogens with zero attached hydrogens (tertiary/aromatic N) is 2. The number of ether oxygens (including phenoxy) is 3. The Bertz CT molecular complexity index is 1660. The molecule has 2 heterocycles. The van der Waals surface area contributed by atoms with Gasteiger partial charge in [-0.3, -0.25) is 9.36 Å². The number of methoxy groups -OCH3 is 1. The summed E-state index contributed by atoms with van der Waals surface area (Å²) in [5, 5.41) is 0.448. The van der Waals surface area contributed by atoms with E-state index in [1.54, 1.807) is 37.3 Å². The Labute approximate surface area is 257 Å². The monoisotopic (exact) mass is 708 g/mol. The van der Waals surface area contributed by atoms with E-state index in [-0.39, 0.29) is 12.2 Å². The molecule has 0 N–H and O–H groups in total. The van der Waals surface area contributed by atoms with Gasteiger partial charge in [-0.05, 0) is 87.2 Å². The molecule has 4 rings (SSSR count). The Balaban J connectivity index is 1.99. The fourth-order valence-corrected chi connectivity index (χ4v) is 7.08. The topological polar surface area (TPSA) is 79.1 Å². The highest BCUT2D eigenvalue weighted by atomic mass is 79.9. The van der Waals surface area contributed by atoms with Crippen LogP contribution in [-0.2, 0) is 9.53 Å². The largest absolute Gasteiger partial charge is 0.496 e. The first kappa shape index (κ1) is 30.3. The van der Waals surface area contributed by atoms with Gasteiger partial charge in [-0.15, -0.1) is 0 Å². The van der Waals surface area contributed by atoms with Gasteiger partial charge in [0.05, 0.1) is 38.5 Å². The van der Waals surface area contributed by atoms with E-state index in [0.29, 0.717) is 55.7 Å². The number of aromatic nitrogens is 1. The standard InChI is InChI=1S/C29H27Br2ClN2O5S/c1-5-8-21-24(28(36)38-7-3)25(18-15-17(32)9-10-22(18)37-4)34-27(35)23(40-29(34)33-21)14-16-12-19(30)26(20(31)13-16)39-11-6-2/h6,9-10,12-15,25H,2,5,7-8,11H2,1,3-4H3/b23-14+/t25-/m1/s1. The van der Waals surface area contributed by atoms with Crippen LogP contribution in [0, 0.1) is 0 Å². The van der Waals surface area contributed by atoms with E-state index >= 15 is 0 Å². The van der Waals surface area contributed by atoms with Crippen molar-refractivity contribution in [1.82, 2.24) is 4.57 Å². The molecule has 1 aromatic heterocycles. The number of carbonyl (C=O) groups excluding carboxylic acids is 1. The van der Waals surface area contributed by atoms with Crippen LogP contribution in [-0.4, -0.2) is 30.9 Å². The van der Waals surface area contributed by atoms with Crippen molar-refractivity contribution in [3.8, 4) is 11.5 Å². The van der Waals surface area contributed by atoms with E-state index in [4.69, 9.17) is 30.8 Å². The summed E-state index contributed by atoms with van der Waals surface area (Å²) in [6, 6.07) is 8.04. The van der Waals surface area contributed by atoms with E-state index in [9.17, 15) is 9.59 Å². The summed E-state index contributed by atoms with van der Waals surface area (Å²) in [4.78, 5) is 32.7. The van der Waals surface area contributed by atoms with Crippen LogP contribution in [0.1, 0.15) is 43.9 Å². The molecule has 1 aliphatic heterocycles. The third-order valence-corrected chi connectivity index (χ3v) is 8.44. The molecule has 40 heavy (non-hydrogen) atoms. The molecule has 0 spiro atoms. The summed E-state index contributed by atoms with van der Waals surface area (Å²) < 4.78 is 20.2. The molecule has 0 aliphatic carbocycles. The Morgan fingerprint density at radius 3 is 2.58 bits per heavy atom. The van der Waals surface area contributed by atoms with Crippen LogP contribution in [0.5, 0.6) is 11.5 Å². The minimum Gasteiger partial charge on any atom is -0.496 e. The second-order valence-corrected chi connectivity index (χ2v) is 11.9. The molecule has 0 saturated heterocycles. The van der Waals surface area contributed by atoms with Gasteiger partial charge in [0.25, 0.3) is 5.56 Å². The Kier molecular flexibility index (Phi) is 10.1. The number of thiazole rings is 1. The minimum atomic E-state index is -0.833. The number of rotatable bonds is 10. The van der Waals surface area contributed by atoms with Crippen LogP contribution in [0.3, 0.4) is 0 Å². The number of hydrogen-bond donors (Lipinski definition) is 0. The second-order valence-electron chi connectivity index (χ2n) is 8.71. The molecule has 2 aromatic carbocycles. The highest BCUT2D eigenvalue weighted by molar-refractivity contribution is 9.11. The van der Waals surface area contributed by atoms with E-state index < -0.39 is 12.0 Å². The van der Waals surface area contributed by atoms with Gasteiger partial charge in [-0.2, -0.15) is 0 Å². The first-order valence-corrected chi connectivity index (χ1v) is 15.3. The number of fused-ring (bicyclic) bond motifs is 1. The predicted octanol–water partition coefficient (Wildman–Crippen LogP) is 6.33. The summed E-state index contributed by atoms with van der Waals surface area (Å²) in [5.41, 5.74) is 1.92. The lowest BCUT2D eigenvalue weighted by atomic mass is 9.93. The summed E-state index contributed by atoms with van der Waals surface area (Å²) >= 11 is 14.8. The molecule has 0 unspecified atom stereocenters. The lowest BCUT2D eigenvalue weighted by molar-refractivity contribution is -0.139. The molecule has 210 valence electrons. The van der Waals surface area contributed by atoms with Gasteiger partial charge in [0.15, 0.2) is 4.80 Å². The van der Waals surface area contributed by atoms with Gasteiger partial charge >= 0.3 is 5.97 Å². The lowest BCUT2D eigenvalue weighted by Crippen LogP contribution is -2.40. The summed E-state index contributed by atoms with van der Waals surface area (Å²) in [6.07, 6.45) is 4.73. The van der Waals surface area contributed by atoms with Crippen LogP contribution in [0.15, 0.2) is 73.0 Å². The fraction of sp³-hybridized carbons (Fsp3) is 0.276. The van der Waals surface area contributed by atoms with Gasteiger partial charge < -0.3 is 14.2 Å². The van der Waals surface area contributed by atoms with Gasteiger partial charge in [-0.25, -0.2) is 9.79 Å². The average molecular weight is 711 g/mol. The molecule has 0 saturated carbocycles. The maximum atomic E-state index is 14.0. The van der Waals surface area contributed by atoms with Crippen LogP contribution in [0.25, 0.3) is 6.08 Å². The number of hydrogen-bond acceptors (Lipinski definition) is 7. The SMILES string of the molecule is C=CCOc1c(Br)cc(/C=c2/sc3n(c2=O)[C@H](c2cc(Cl)ccc2OC)C(C(=O)OCC)=C(CCC)N=3)cc1Br. The van der Waals surface area contributed by atoms with Gasteiger partial charge in [0, 0.05) is 10.6 Å². The molecule has 11 heteroatoms. The number of halogens is 3. The maximum Gasteiger partial charge on any atom is 0.338 e. The summed E-state index contributed by atoms with van der Waals surface area (Å²) in [6.45, 7) is 7.97. The molecule has 1 aliphatic rings. The van der Waals surface area contributed by atoms with Crippen LogP contribution < -0.4 is 24.4 Å². The predicted molar refractivity (Wildman–Crippen MR) is 165 cm³/mol. The molecular formula is C29H27Br2ClN2O5S.